The second kappa shape index (κ2) is 8.43. The van der Waals surface area contributed by atoms with Gasteiger partial charge in [0, 0.05) is 36.8 Å². The van der Waals surface area contributed by atoms with Crippen molar-refractivity contribution in [2.24, 2.45) is 16.8 Å². The lowest BCUT2D eigenvalue weighted by Crippen LogP contribution is -2.41. The van der Waals surface area contributed by atoms with Crippen LogP contribution in [0.1, 0.15) is 19.8 Å². The summed E-state index contributed by atoms with van der Waals surface area (Å²) < 4.78 is 0. The van der Waals surface area contributed by atoms with Crippen molar-refractivity contribution in [1.82, 2.24) is 10.2 Å². The first-order valence-corrected chi connectivity index (χ1v) is 8.91. The molecular formula is C17H26IN3S. The molecule has 1 saturated heterocycles. The highest BCUT2D eigenvalue weighted by Gasteiger charge is 2.35. The van der Waals surface area contributed by atoms with Crippen LogP contribution in [-0.2, 0) is 0 Å². The van der Waals surface area contributed by atoms with Gasteiger partial charge in [0.2, 0.25) is 0 Å². The molecule has 1 aliphatic heterocycles. The van der Waals surface area contributed by atoms with E-state index in [9.17, 15) is 0 Å². The Labute approximate surface area is 155 Å². The molecule has 0 spiro atoms. The first-order valence-electron chi connectivity index (χ1n) is 7.92. The maximum Gasteiger partial charge on any atom is 0.193 e. The zero-order chi connectivity index (χ0) is 14.7. The molecule has 5 heteroatoms. The number of thioether (sulfide) groups is 1. The molecule has 0 amide bonds. The van der Waals surface area contributed by atoms with Gasteiger partial charge in [-0.25, -0.2) is 0 Å². The van der Waals surface area contributed by atoms with E-state index in [0.717, 1.165) is 30.9 Å². The van der Waals surface area contributed by atoms with Crippen LogP contribution in [0.3, 0.4) is 0 Å². The molecule has 1 heterocycles. The van der Waals surface area contributed by atoms with Gasteiger partial charge in [0.05, 0.1) is 0 Å². The minimum Gasteiger partial charge on any atom is -0.353 e. The van der Waals surface area contributed by atoms with Crippen molar-refractivity contribution in [1.29, 1.82) is 0 Å². The number of rotatable bonds is 4. The molecule has 1 aromatic carbocycles. The largest absolute Gasteiger partial charge is 0.353 e. The summed E-state index contributed by atoms with van der Waals surface area (Å²) in [5.41, 5.74) is 0. The predicted molar refractivity (Wildman–Crippen MR) is 106 cm³/mol. The van der Waals surface area contributed by atoms with E-state index in [1.54, 1.807) is 0 Å². The standard InChI is InChI=1S/C17H25N3S.HI/c1-13-10-16(13)19-17(18-2)20-9-8-14(11-20)12-21-15-6-4-3-5-7-15;/h3-7,13-14,16H,8-12H2,1-2H3,(H,18,19);1H. The SMILES string of the molecule is CN=C(NC1CC1C)N1CCC(CSc2ccccc2)C1.I. The van der Waals surface area contributed by atoms with E-state index in [4.69, 9.17) is 0 Å². The van der Waals surface area contributed by atoms with Crippen molar-refractivity contribution < 1.29 is 0 Å². The lowest BCUT2D eigenvalue weighted by molar-refractivity contribution is 0.472. The number of halogens is 1. The third kappa shape index (κ3) is 4.78. The Bertz CT molecular complexity index is 494. The van der Waals surface area contributed by atoms with Gasteiger partial charge in [0.1, 0.15) is 0 Å². The third-order valence-corrected chi connectivity index (χ3v) is 5.69. The quantitative estimate of drug-likeness (QED) is 0.341. The van der Waals surface area contributed by atoms with E-state index in [1.807, 2.05) is 18.8 Å². The highest BCUT2D eigenvalue weighted by atomic mass is 127. The molecule has 1 aromatic rings. The minimum absolute atomic E-state index is 0. The second-order valence-corrected chi connectivity index (χ2v) is 7.33. The molecule has 3 rings (SSSR count). The first-order chi connectivity index (χ1) is 10.3. The van der Waals surface area contributed by atoms with Gasteiger partial charge < -0.3 is 10.2 Å². The molecule has 122 valence electrons. The molecule has 2 fully saturated rings. The van der Waals surface area contributed by atoms with Gasteiger partial charge >= 0.3 is 0 Å². The minimum atomic E-state index is 0. The molecule has 3 nitrogen and oxygen atoms in total. The van der Waals surface area contributed by atoms with E-state index in [0.29, 0.717) is 6.04 Å². The topological polar surface area (TPSA) is 27.6 Å². The highest BCUT2D eigenvalue weighted by Crippen LogP contribution is 2.30. The fraction of sp³-hybridized carbons (Fsp3) is 0.588. The number of likely N-dealkylation sites (tertiary alicyclic amines) is 1. The van der Waals surface area contributed by atoms with Gasteiger partial charge in [-0.1, -0.05) is 25.1 Å². The van der Waals surface area contributed by atoms with Crippen LogP contribution in [-0.4, -0.2) is 42.8 Å². The van der Waals surface area contributed by atoms with Crippen molar-refractivity contribution in [3.05, 3.63) is 30.3 Å². The van der Waals surface area contributed by atoms with Gasteiger partial charge in [-0.05, 0) is 36.8 Å². The monoisotopic (exact) mass is 431 g/mol. The molecule has 1 N–H and O–H groups in total. The van der Waals surface area contributed by atoms with Gasteiger partial charge in [-0.3, -0.25) is 4.99 Å². The molecule has 3 unspecified atom stereocenters. The maximum absolute atomic E-state index is 4.46. The van der Waals surface area contributed by atoms with E-state index < -0.39 is 0 Å². The molecule has 1 aliphatic carbocycles. The Morgan fingerprint density at radius 1 is 1.36 bits per heavy atom. The lowest BCUT2D eigenvalue weighted by Gasteiger charge is -2.21. The van der Waals surface area contributed by atoms with Gasteiger partial charge in [0.25, 0.3) is 0 Å². The fourth-order valence-corrected chi connectivity index (χ4v) is 3.93. The Balaban J connectivity index is 0.00000176. The van der Waals surface area contributed by atoms with Crippen molar-refractivity contribution in [3.8, 4) is 0 Å². The highest BCUT2D eigenvalue weighted by molar-refractivity contribution is 14.0. The molecule has 22 heavy (non-hydrogen) atoms. The van der Waals surface area contributed by atoms with Crippen LogP contribution in [0.4, 0.5) is 0 Å². The number of hydrogen-bond acceptors (Lipinski definition) is 2. The first kappa shape index (κ1) is 17.9. The molecule has 0 aromatic heterocycles. The third-order valence-electron chi connectivity index (χ3n) is 4.45. The van der Waals surface area contributed by atoms with Crippen LogP contribution in [0.5, 0.6) is 0 Å². The summed E-state index contributed by atoms with van der Waals surface area (Å²) in [7, 11) is 1.90. The van der Waals surface area contributed by atoms with Crippen LogP contribution in [0.25, 0.3) is 0 Å². The summed E-state index contributed by atoms with van der Waals surface area (Å²) in [6.45, 7) is 4.58. The summed E-state index contributed by atoms with van der Waals surface area (Å²) in [5, 5.41) is 3.60. The Kier molecular flexibility index (Phi) is 6.87. The Morgan fingerprint density at radius 2 is 2.09 bits per heavy atom. The Morgan fingerprint density at radius 3 is 2.73 bits per heavy atom. The van der Waals surface area contributed by atoms with Gasteiger partial charge in [0.15, 0.2) is 5.96 Å². The smallest absolute Gasteiger partial charge is 0.193 e. The number of nitrogens with one attached hydrogen (secondary N) is 1. The maximum atomic E-state index is 4.46. The van der Waals surface area contributed by atoms with Crippen LogP contribution in [0.15, 0.2) is 40.2 Å². The van der Waals surface area contributed by atoms with Crippen molar-refractivity contribution >= 4 is 41.7 Å². The predicted octanol–water partition coefficient (Wildman–Crippen LogP) is 3.70. The van der Waals surface area contributed by atoms with Gasteiger partial charge in [-0.2, -0.15) is 0 Å². The normalized spacial score (nSPS) is 27.5. The van der Waals surface area contributed by atoms with Crippen LogP contribution in [0.2, 0.25) is 0 Å². The number of aliphatic imine (C=N–C) groups is 1. The van der Waals surface area contributed by atoms with Crippen LogP contribution >= 0.6 is 35.7 Å². The van der Waals surface area contributed by atoms with E-state index >= 15 is 0 Å². The zero-order valence-electron chi connectivity index (χ0n) is 13.4. The Hall–Kier alpha value is -0.430. The van der Waals surface area contributed by atoms with Crippen molar-refractivity contribution in [3.63, 3.8) is 0 Å². The average molecular weight is 431 g/mol. The number of benzene rings is 1. The molecule has 1 saturated carbocycles. The molecule has 0 radical (unpaired) electrons. The van der Waals surface area contributed by atoms with Crippen molar-refractivity contribution in [2.45, 2.75) is 30.7 Å². The summed E-state index contributed by atoms with van der Waals surface area (Å²) in [4.78, 5) is 8.27. The van der Waals surface area contributed by atoms with Crippen molar-refractivity contribution in [2.75, 3.05) is 25.9 Å². The summed E-state index contributed by atoms with van der Waals surface area (Å²) in [5.74, 6) is 3.90. The molecular weight excluding hydrogens is 405 g/mol. The number of guanidine groups is 1. The number of hydrogen-bond donors (Lipinski definition) is 1. The molecule has 3 atom stereocenters. The summed E-state index contributed by atoms with van der Waals surface area (Å²) in [6, 6.07) is 11.4. The van der Waals surface area contributed by atoms with Crippen LogP contribution in [0, 0.1) is 11.8 Å². The molecule has 2 aliphatic rings. The van der Waals surface area contributed by atoms with Crippen LogP contribution < -0.4 is 5.32 Å². The molecule has 0 bridgehead atoms. The van der Waals surface area contributed by atoms with E-state index in [1.165, 1.54) is 23.5 Å². The average Bonchev–Trinajstić information content (AvgIpc) is 3.02. The number of nitrogens with zero attached hydrogens (tertiary/aromatic N) is 2. The second-order valence-electron chi connectivity index (χ2n) is 6.24. The summed E-state index contributed by atoms with van der Waals surface area (Å²) >= 11 is 1.98. The summed E-state index contributed by atoms with van der Waals surface area (Å²) in [6.07, 6.45) is 2.57. The van der Waals surface area contributed by atoms with E-state index in [-0.39, 0.29) is 24.0 Å². The van der Waals surface area contributed by atoms with E-state index in [2.05, 4.69) is 52.5 Å². The lowest BCUT2D eigenvalue weighted by atomic mass is 10.2. The fourth-order valence-electron chi connectivity index (χ4n) is 2.88. The zero-order valence-corrected chi connectivity index (χ0v) is 16.5. The van der Waals surface area contributed by atoms with Gasteiger partial charge in [-0.15, -0.1) is 35.7 Å².